The number of hydrogen-bond donors (Lipinski definition) is 1. The molecule has 1 aromatic carbocycles. The lowest BCUT2D eigenvalue weighted by molar-refractivity contribution is 0.319. The van der Waals surface area contributed by atoms with E-state index < -0.39 is 0 Å². The molecule has 0 unspecified atom stereocenters. The molecule has 3 nitrogen and oxygen atoms in total. The van der Waals surface area contributed by atoms with Gasteiger partial charge in [-0.1, -0.05) is 23.8 Å². The molecule has 0 atom stereocenters. The van der Waals surface area contributed by atoms with Crippen LogP contribution in [0.15, 0.2) is 18.2 Å². The monoisotopic (exact) mass is 227 g/mol. The van der Waals surface area contributed by atoms with E-state index in [9.17, 15) is 0 Å². The number of nitrogens with one attached hydrogen (secondary N) is 1. The minimum absolute atomic E-state index is 0.934. The first-order valence-corrected chi connectivity index (χ1v) is 5.97. The van der Waals surface area contributed by atoms with E-state index in [0.717, 1.165) is 24.6 Å². The number of fused-ring (bicyclic) bond motifs is 3. The van der Waals surface area contributed by atoms with Crippen LogP contribution in [0.5, 0.6) is 0 Å². The molecule has 1 aliphatic rings. The quantitative estimate of drug-likeness (QED) is 0.750. The minimum Gasteiger partial charge on any atom is -0.345 e. The largest absolute Gasteiger partial charge is 0.345 e. The van der Waals surface area contributed by atoms with Crippen LogP contribution >= 0.6 is 0 Å². The van der Waals surface area contributed by atoms with Crippen molar-refractivity contribution >= 4 is 0 Å². The third-order valence-corrected chi connectivity index (χ3v) is 3.28. The molecule has 0 amide bonds. The summed E-state index contributed by atoms with van der Waals surface area (Å²) in [5.74, 6) is 0.997. The highest BCUT2D eigenvalue weighted by atomic mass is 15.1. The number of hydrogen-bond acceptors (Lipinski definition) is 2. The van der Waals surface area contributed by atoms with Crippen molar-refractivity contribution in [1.29, 1.82) is 0 Å². The van der Waals surface area contributed by atoms with Crippen LogP contribution in [0.25, 0.3) is 11.3 Å². The van der Waals surface area contributed by atoms with Crippen LogP contribution in [0.1, 0.15) is 22.6 Å². The molecule has 17 heavy (non-hydrogen) atoms. The SMILES string of the molecule is Cc1ccc2c(c1)CN(C)Cc1[nH]c(C)nc1-2. The average Bonchev–Trinajstić information content (AvgIpc) is 2.53. The van der Waals surface area contributed by atoms with Crippen molar-refractivity contribution in [2.45, 2.75) is 26.9 Å². The number of H-pyrrole nitrogens is 1. The van der Waals surface area contributed by atoms with Gasteiger partial charge in [0.15, 0.2) is 0 Å². The number of aromatic nitrogens is 2. The Bertz CT molecular complexity index is 569. The van der Waals surface area contributed by atoms with Gasteiger partial charge in [-0.2, -0.15) is 0 Å². The average molecular weight is 227 g/mol. The second-order valence-corrected chi connectivity index (χ2v) is 4.98. The van der Waals surface area contributed by atoms with Gasteiger partial charge < -0.3 is 4.98 Å². The second-order valence-electron chi connectivity index (χ2n) is 4.98. The molecular weight excluding hydrogens is 210 g/mol. The summed E-state index contributed by atoms with van der Waals surface area (Å²) >= 11 is 0. The molecule has 0 aliphatic carbocycles. The standard InChI is InChI=1S/C14H17N3/c1-9-4-5-12-11(6-9)7-17(3)8-13-14(12)16-10(2)15-13/h4-6H,7-8H2,1-3H3,(H,15,16). The van der Waals surface area contributed by atoms with E-state index in [1.165, 1.54) is 22.4 Å². The van der Waals surface area contributed by atoms with E-state index in [-0.39, 0.29) is 0 Å². The molecule has 2 heterocycles. The van der Waals surface area contributed by atoms with Gasteiger partial charge in [-0.3, -0.25) is 4.90 Å². The number of benzene rings is 1. The number of nitrogens with zero attached hydrogens (tertiary/aromatic N) is 2. The fourth-order valence-corrected chi connectivity index (χ4v) is 2.58. The molecule has 0 saturated carbocycles. The summed E-state index contributed by atoms with van der Waals surface area (Å²) in [6, 6.07) is 6.63. The van der Waals surface area contributed by atoms with Crippen LogP contribution in [0, 0.1) is 13.8 Å². The predicted molar refractivity (Wildman–Crippen MR) is 68.7 cm³/mol. The molecule has 88 valence electrons. The first kappa shape index (κ1) is 10.5. The maximum absolute atomic E-state index is 4.63. The lowest BCUT2D eigenvalue weighted by Crippen LogP contribution is -2.16. The number of aromatic amines is 1. The van der Waals surface area contributed by atoms with Crippen LogP contribution in [0.3, 0.4) is 0 Å². The first-order valence-electron chi connectivity index (χ1n) is 5.97. The van der Waals surface area contributed by atoms with E-state index >= 15 is 0 Å². The van der Waals surface area contributed by atoms with Crippen molar-refractivity contribution in [2.24, 2.45) is 0 Å². The van der Waals surface area contributed by atoms with E-state index in [1.807, 2.05) is 6.92 Å². The third-order valence-electron chi connectivity index (χ3n) is 3.28. The minimum atomic E-state index is 0.934. The highest BCUT2D eigenvalue weighted by Crippen LogP contribution is 2.31. The van der Waals surface area contributed by atoms with Gasteiger partial charge in [0.1, 0.15) is 5.82 Å². The summed E-state index contributed by atoms with van der Waals surface area (Å²) in [4.78, 5) is 10.3. The van der Waals surface area contributed by atoms with Crippen LogP contribution in [-0.4, -0.2) is 21.9 Å². The highest BCUT2D eigenvalue weighted by molar-refractivity contribution is 5.67. The van der Waals surface area contributed by atoms with Gasteiger partial charge in [-0.05, 0) is 26.5 Å². The third kappa shape index (κ3) is 1.76. The maximum Gasteiger partial charge on any atom is 0.103 e. The summed E-state index contributed by atoms with van der Waals surface area (Å²) in [6.07, 6.45) is 0. The number of aryl methyl sites for hydroxylation is 2. The zero-order chi connectivity index (χ0) is 12.0. The molecule has 0 fully saturated rings. The van der Waals surface area contributed by atoms with Gasteiger partial charge in [0.2, 0.25) is 0 Å². The van der Waals surface area contributed by atoms with E-state index in [0.29, 0.717) is 0 Å². The zero-order valence-electron chi connectivity index (χ0n) is 10.5. The molecule has 3 rings (SSSR count). The molecule has 0 saturated heterocycles. The van der Waals surface area contributed by atoms with Gasteiger partial charge in [0.25, 0.3) is 0 Å². The summed E-state index contributed by atoms with van der Waals surface area (Å²) in [7, 11) is 2.15. The Hall–Kier alpha value is -1.61. The molecule has 3 heteroatoms. The maximum atomic E-state index is 4.63. The smallest absolute Gasteiger partial charge is 0.103 e. The summed E-state index contributed by atoms with van der Waals surface area (Å²) in [6.45, 7) is 6.08. The van der Waals surface area contributed by atoms with Crippen LogP contribution in [0.4, 0.5) is 0 Å². The topological polar surface area (TPSA) is 31.9 Å². The van der Waals surface area contributed by atoms with Crippen molar-refractivity contribution in [3.8, 4) is 11.3 Å². The number of imidazole rings is 1. The van der Waals surface area contributed by atoms with Gasteiger partial charge in [0, 0.05) is 18.7 Å². The van der Waals surface area contributed by atoms with Crippen molar-refractivity contribution < 1.29 is 0 Å². The van der Waals surface area contributed by atoms with E-state index in [4.69, 9.17) is 0 Å². The van der Waals surface area contributed by atoms with Crippen LogP contribution < -0.4 is 0 Å². The fraction of sp³-hybridized carbons (Fsp3) is 0.357. The van der Waals surface area contributed by atoms with Crippen molar-refractivity contribution in [2.75, 3.05) is 7.05 Å². The normalized spacial score (nSPS) is 15.2. The van der Waals surface area contributed by atoms with Crippen molar-refractivity contribution in [3.63, 3.8) is 0 Å². The van der Waals surface area contributed by atoms with Gasteiger partial charge >= 0.3 is 0 Å². The molecular formula is C14H17N3. The zero-order valence-corrected chi connectivity index (χ0v) is 10.5. The molecule has 1 aliphatic heterocycles. The number of rotatable bonds is 0. The van der Waals surface area contributed by atoms with Crippen LogP contribution in [0.2, 0.25) is 0 Å². The van der Waals surface area contributed by atoms with Gasteiger partial charge in [-0.25, -0.2) is 4.98 Å². The Labute approximate surface area is 101 Å². The van der Waals surface area contributed by atoms with Crippen LogP contribution in [-0.2, 0) is 13.1 Å². The highest BCUT2D eigenvalue weighted by Gasteiger charge is 2.20. The lowest BCUT2D eigenvalue weighted by Gasteiger charge is -2.14. The molecule has 1 N–H and O–H groups in total. The van der Waals surface area contributed by atoms with Gasteiger partial charge in [0.05, 0.1) is 11.4 Å². The Morgan fingerprint density at radius 1 is 1.24 bits per heavy atom. The van der Waals surface area contributed by atoms with Crippen molar-refractivity contribution in [3.05, 3.63) is 40.8 Å². The Balaban J connectivity index is 2.25. The molecule has 0 bridgehead atoms. The molecule has 2 aromatic rings. The Morgan fingerprint density at radius 3 is 2.88 bits per heavy atom. The van der Waals surface area contributed by atoms with E-state index in [1.54, 1.807) is 0 Å². The van der Waals surface area contributed by atoms with E-state index in [2.05, 4.69) is 47.0 Å². The second kappa shape index (κ2) is 3.70. The first-order chi connectivity index (χ1) is 8.13. The molecule has 1 aromatic heterocycles. The predicted octanol–water partition coefficient (Wildman–Crippen LogP) is 2.64. The van der Waals surface area contributed by atoms with Crippen molar-refractivity contribution in [1.82, 2.24) is 14.9 Å². The Morgan fingerprint density at radius 2 is 2.06 bits per heavy atom. The summed E-state index contributed by atoms with van der Waals surface area (Å²) < 4.78 is 0. The summed E-state index contributed by atoms with van der Waals surface area (Å²) in [5.41, 5.74) is 6.32. The lowest BCUT2D eigenvalue weighted by atomic mass is 10.0. The fourth-order valence-electron chi connectivity index (χ4n) is 2.58. The molecule has 0 spiro atoms. The summed E-state index contributed by atoms with van der Waals surface area (Å²) in [5, 5.41) is 0. The molecule has 0 radical (unpaired) electrons. The Kier molecular flexibility index (Phi) is 2.30. The van der Waals surface area contributed by atoms with Gasteiger partial charge in [-0.15, -0.1) is 0 Å².